The Hall–Kier alpha value is -3.41. The van der Waals surface area contributed by atoms with Crippen molar-refractivity contribution in [1.29, 1.82) is 0 Å². The number of methoxy groups -OCH3 is 1. The molecule has 0 saturated carbocycles. The lowest BCUT2D eigenvalue weighted by molar-refractivity contribution is 0.415. The maximum absolute atomic E-state index is 5.25. The highest BCUT2D eigenvalue weighted by atomic mass is 16.5. The second kappa shape index (κ2) is 5.84. The fourth-order valence-corrected chi connectivity index (χ4v) is 3.47. The third-order valence-corrected chi connectivity index (χ3v) is 4.78. The van der Waals surface area contributed by atoms with Gasteiger partial charge in [-0.1, -0.05) is 18.2 Å². The minimum atomic E-state index is 0.595. The van der Waals surface area contributed by atoms with Crippen LogP contribution in [0.2, 0.25) is 0 Å². The summed E-state index contributed by atoms with van der Waals surface area (Å²) >= 11 is 0. The normalized spacial score (nSPS) is 13.2. The standard InChI is InChI=1S/C20H17N5O/c1-26-16-8-6-14(7-9-16)17-12-19(25-20(23-17)21-13-22-25)24-11-10-15-4-2-3-5-18(15)24/h2-9,12-13H,10-11H2,1H3. The van der Waals surface area contributed by atoms with E-state index in [1.165, 1.54) is 11.3 Å². The van der Waals surface area contributed by atoms with E-state index in [0.29, 0.717) is 5.78 Å². The van der Waals surface area contributed by atoms with Gasteiger partial charge in [0.2, 0.25) is 0 Å². The molecule has 26 heavy (non-hydrogen) atoms. The van der Waals surface area contributed by atoms with Crippen LogP contribution in [-0.4, -0.2) is 33.2 Å². The van der Waals surface area contributed by atoms with Gasteiger partial charge in [0.15, 0.2) is 0 Å². The maximum Gasteiger partial charge on any atom is 0.254 e. The van der Waals surface area contributed by atoms with E-state index in [1.54, 1.807) is 18.0 Å². The number of anilines is 2. The second-order valence-corrected chi connectivity index (χ2v) is 6.23. The Labute approximate surface area is 150 Å². The van der Waals surface area contributed by atoms with E-state index in [-0.39, 0.29) is 0 Å². The predicted molar refractivity (Wildman–Crippen MR) is 99.9 cm³/mol. The lowest BCUT2D eigenvalue weighted by Crippen LogP contribution is -2.17. The fraction of sp³-hybridized carbons (Fsp3) is 0.150. The van der Waals surface area contributed by atoms with E-state index in [0.717, 1.165) is 35.8 Å². The Morgan fingerprint density at radius 2 is 1.88 bits per heavy atom. The zero-order chi connectivity index (χ0) is 17.5. The Bertz CT molecular complexity index is 1090. The van der Waals surface area contributed by atoms with Gasteiger partial charge in [0.25, 0.3) is 5.78 Å². The molecule has 0 N–H and O–H groups in total. The number of hydrogen-bond donors (Lipinski definition) is 0. The van der Waals surface area contributed by atoms with Crippen molar-refractivity contribution >= 4 is 17.3 Å². The van der Waals surface area contributed by atoms with Crippen LogP contribution in [0.5, 0.6) is 5.75 Å². The molecule has 0 atom stereocenters. The molecule has 0 radical (unpaired) electrons. The zero-order valence-electron chi connectivity index (χ0n) is 14.3. The highest BCUT2D eigenvalue weighted by Crippen LogP contribution is 2.35. The van der Waals surface area contributed by atoms with Crippen LogP contribution in [-0.2, 0) is 6.42 Å². The molecule has 0 spiro atoms. The molecule has 4 aromatic rings. The Morgan fingerprint density at radius 3 is 2.73 bits per heavy atom. The summed E-state index contributed by atoms with van der Waals surface area (Å²) in [5.41, 5.74) is 4.46. The largest absolute Gasteiger partial charge is 0.497 e. The molecule has 0 unspecified atom stereocenters. The zero-order valence-corrected chi connectivity index (χ0v) is 14.3. The molecule has 2 aromatic carbocycles. The molecule has 0 amide bonds. The first-order valence-corrected chi connectivity index (χ1v) is 8.54. The Kier molecular flexibility index (Phi) is 3.35. The van der Waals surface area contributed by atoms with Gasteiger partial charge in [-0.15, -0.1) is 0 Å². The topological polar surface area (TPSA) is 55.6 Å². The van der Waals surface area contributed by atoms with Crippen molar-refractivity contribution in [3.8, 4) is 17.0 Å². The predicted octanol–water partition coefficient (Wildman–Crippen LogP) is 3.49. The molecule has 0 aliphatic carbocycles. The number of fused-ring (bicyclic) bond motifs is 2. The highest BCUT2D eigenvalue weighted by Gasteiger charge is 2.23. The number of hydrogen-bond acceptors (Lipinski definition) is 5. The van der Waals surface area contributed by atoms with Gasteiger partial charge in [0.05, 0.1) is 12.8 Å². The first-order chi connectivity index (χ1) is 12.8. The van der Waals surface area contributed by atoms with Crippen LogP contribution in [0.1, 0.15) is 5.56 Å². The van der Waals surface area contributed by atoms with E-state index in [9.17, 15) is 0 Å². The number of rotatable bonds is 3. The summed E-state index contributed by atoms with van der Waals surface area (Å²) in [5, 5.41) is 4.38. The van der Waals surface area contributed by atoms with Gasteiger partial charge in [-0.2, -0.15) is 14.6 Å². The molecule has 0 saturated heterocycles. The smallest absolute Gasteiger partial charge is 0.254 e. The summed E-state index contributed by atoms with van der Waals surface area (Å²) in [7, 11) is 1.67. The average molecular weight is 343 g/mol. The summed E-state index contributed by atoms with van der Waals surface area (Å²) in [5.74, 6) is 2.40. The number of para-hydroxylation sites is 1. The van der Waals surface area contributed by atoms with Gasteiger partial charge >= 0.3 is 0 Å². The highest BCUT2D eigenvalue weighted by molar-refractivity contribution is 5.73. The van der Waals surface area contributed by atoms with Gasteiger partial charge in [0, 0.05) is 23.9 Å². The molecule has 2 aromatic heterocycles. The minimum absolute atomic E-state index is 0.595. The van der Waals surface area contributed by atoms with Crippen molar-refractivity contribution in [2.24, 2.45) is 0 Å². The maximum atomic E-state index is 5.25. The van der Waals surface area contributed by atoms with Crippen molar-refractivity contribution in [3.05, 3.63) is 66.5 Å². The SMILES string of the molecule is COc1ccc(-c2cc(N3CCc4ccccc43)n3ncnc3n2)cc1. The summed E-state index contributed by atoms with van der Waals surface area (Å²) < 4.78 is 7.05. The monoisotopic (exact) mass is 343 g/mol. The van der Waals surface area contributed by atoms with E-state index in [4.69, 9.17) is 4.74 Å². The van der Waals surface area contributed by atoms with Gasteiger partial charge in [-0.3, -0.25) is 0 Å². The summed E-state index contributed by atoms with van der Waals surface area (Å²) in [6.07, 6.45) is 2.57. The second-order valence-electron chi connectivity index (χ2n) is 6.23. The number of ether oxygens (including phenoxy) is 1. The van der Waals surface area contributed by atoms with Gasteiger partial charge in [-0.25, -0.2) is 4.98 Å². The molecule has 1 aliphatic rings. The molecule has 5 rings (SSSR count). The van der Waals surface area contributed by atoms with Crippen molar-refractivity contribution in [2.45, 2.75) is 6.42 Å². The van der Waals surface area contributed by atoms with Crippen molar-refractivity contribution in [3.63, 3.8) is 0 Å². The first kappa shape index (κ1) is 14.9. The molecule has 3 heterocycles. The third-order valence-electron chi connectivity index (χ3n) is 4.78. The molecule has 6 nitrogen and oxygen atoms in total. The van der Waals surface area contributed by atoms with Crippen LogP contribution in [0, 0.1) is 0 Å². The summed E-state index contributed by atoms with van der Waals surface area (Å²) in [6.45, 7) is 0.917. The van der Waals surface area contributed by atoms with E-state index in [1.807, 2.05) is 24.3 Å². The van der Waals surface area contributed by atoms with Crippen molar-refractivity contribution in [1.82, 2.24) is 19.6 Å². The minimum Gasteiger partial charge on any atom is -0.497 e. The molecule has 0 bridgehead atoms. The van der Waals surface area contributed by atoms with Crippen LogP contribution < -0.4 is 9.64 Å². The van der Waals surface area contributed by atoms with Gasteiger partial charge in [0.1, 0.15) is 17.9 Å². The summed E-state index contributed by atoms with van der Waals surface area (Å²) in [4.78, 5) is 11.3. The molecular formula is C20H17N5O. The first-order valence-electron chi connectivity index (χ1n) is 8.54. The van der Waals surface area contributed by atoms with E-state index < -0.39 is 0 Å². The third kappa shape index (κ3) is 2.30. The Morgan fingerprint density at radius 1 is 1.04 bits per heavy atom. The van der Waals surface area contributed by atoms with Gasteiger partial charge < -0.3 is 9.64 Å². The lowest BCUT2D eigenvalue weighted by Gasteiger charge is -2.20. The molecule has 128 valence electrons. The van der Waals surface area contributed by atoms with Crippen LogP contribution in [0.15, 0.2) is 60.9 Å². The molecule has 0 fully saturated rings. The quantitative estimate of drug-likeness (QED) is 0.570. The fourth-order valence-electron chi connectivity index (χ4n) is 3.47. The van der Waals surface area contributed by atoms with Crippen LogP contribution in [0.4, 0.5) is 11.5 Å². The molecule has 1 aliphatic heterocycles. The Balaban J connectivity index is 1.67. The van der Waals surface area contributed by atoms with Crippen molar-refractivity contribution < 1.29 is 4.74 Å². The molecular weight excluding hydrogens is 326 g/mol. The average Bonchev–Trinajstić information content (AvgIpc) is 3.34. The van der Waals surface area contributed by atoms with Crippen LogP contribution in [0.3, 0.4) is 0 Å². The molecule has 6 heteroatoms. The van der Waals surface area contributed by atoms with Gasteiger partial charge in [-0.05, 0) is 42.3 Å². The number of nitrogens with zero attached hydrogens (tertiary/aromatic N) is 5. The van der Waals surface area contributed by atoms with E-state index >= 15 is 0 Å². The summed E-state index contributed by atoms with van der Waals surface area (Å²) in [6, 6.07) is 18.5. The number of aromatic nitrogens is 4. The number of benzene rings is 2. The lowest BCUT2D eigenvalue weighted by atomic mass is 10.1. The van der Waals surface area contributed by atoms with E-state index in [2.05, 4.69) is 50.3 Å². The van der Waals surface area contributed by atoms with Crippen LogP contribution >= 0.6 is 0 Å². The van der Waals surface area contributed by atoms with Crippen molar-refractivity contribution in [2.75, 3.05) is 18.6 Å². The van der Waals surface area contributed by atoms with Crippen LogP contribution in [0.25, 0.3) is 17.0 Å².